The lowest BCUT2D eigenvalue weighted by Gasteiger charge is -2.21. The number of hydrogen-bond donors (Lipinski definition) is 1. The first kappa shape index (κ1) is 12.5. The number of nitrogens with one attached hydrogen (secondary N) is 1. The summed E-state index contributed by atoms with van der Waals surface area (Å²) < 4.78 is 0.728. The van der Waals surface area contributed by atoms with E-state index in [1.54, 1.807) is 18.2 Å². The standard InChI is InChI=1S/C11H13BrClNO/c1-11(2,3)14-10(15)7-5-4-6-8(12)9(7)13/h4-6H,1-3H3,(H,14,15). The smallest absolute Gasteiger partial charge is 0.253 e. The van der Waals surface area contributed by atoms with Crippen molar-refractivity contribution in [2.24, 2.45) is 0 Å². The van der Waals surface area contributed by atoms with Crippen molar-refractivity contribution in [2.75, 3.05) is 0 Å². The van der Waals surface area contributed by atoms with Crippen LogP contribution >= 0.6 is 27.5 Å². The summed E-state index contributed by atoms with van der Waals surface area (Å²) in [4.78, 5) is 11.8. The lowest BCUT2D eigenvalue weighted by molar-refractivity contribution is 0.0919. The molecule has 0 bridgehead atoms. The third kappa shape index (κ3) is 3.50. The number of benzene rings is 1. The van der Waals surface area contributed by atoms with E-state index in [1.807, 2.05) is 20.8 Å². The Morgan fingerprint density at radius 2 is 2.00 bits per heavy atom. The lowest BCUT2D eigenvalue weighted by Crippen LogP contribution is -2.40. The Bertz CT molecular complexity index is 385. The van der Waals surface area contributed by atoms with Crippen molar-refractivity contribution in [3.63, 3.8) is 0 Å². The second-order valence-corrected chi connectivity index (χ2v) is 5.54. The molecule has 0 heterocycles. The second-order valence-electron chi connectivity index (χ2n) is 4.31. The molecular formula is C11H13BrClNO. The van der Waals surface area contributed by atoms with E-state index in [9.17, 15) is 4.79 Å². The summed E-state index contributed by atoms with van der Waals surface area (Å²) >= 11 is 9.29. The Labute approximate surface area is 103 Å². The predicted molar refractivity (Wildman–Crippen MR) is 66.4 cm³/mol. The lowest BCUT2D eigenvalue weighted by atomic mass is 10.1. The highest BCUT2D eigenvalue weighted by atomic mass is 79.9. The Kier molecular flexibility index (Phi) is 3.79. The fraction of sp³-hybridized carbons (Fsp3) is 0.364. The Morgan fingerprint density at radius 3 is 2.53 bits per heavy atom. The maximum atomic E-state index is 11.8. The summed E-state index contributed by atoms with van der Waals surface area (Å²) in [7, 11) is 0. The van der Waals surface area contributed by atoms with Gasteiger partial charge in [-0.05, 0) is 48.8 Å². The molecular weight excluding hydrogens is 277 g/mol. The Hall–Kier alpha value is -0.540. The van der Waals surface area contributed by atoms with Crippen molar-refractivity contribution in [2.45, 2.75) is 26.3 Å². The van der Waals surface area contributed by atoms with Gasteiger partial charge >= 0.3 is 0 Å². The molecule has 0 aliphatic carbocycles. The van der Waals surface area contributed by atoms with Crippen molar-refractivity contribution in [3.8, 4) is 0 Å². The van der Waals surface area contributed by atoms with Crippen LogP contribution < -0.4 is 5.32 Å². The van der Waals surface area contributed by atoms with E-state index >= 15 is 0 Å². The SMILES string of the molecule is CC(C)(C)NC(=O)c1cccc(Br)c1Cl. The van der Waals surface area contributed by atoms with Crippen LogP contribution in [0.2, 0.25) is 5.02 Å². The van der Waals surface area contributed by atoms with Crippen LogP contribution in [-0.4, -0.2) is 11.4 Å². The number of halogens is 2. The first-order valence-electron chi connectivity index (χ1n) is 4.58. The summed E-state index contributed by atoms with van der Waals surface area (Å²) in [6.45, 7) is 5.78. The fourth-order valence-electron chi connectivity index (χ4n) is 1.09. The highest BCUT2D eigenvalue weighted by Crippen LogP contribution is 2.26. The summed E-state index contributed by atoms with van der Waals surface area (Å²) in [5.74, 6) is -0.159. The molecule has 0 spiro atoms. The van der Waals surface area contributed by atoms with E-state index in [4.69, 9.17) is 11.6 Å². The molecule has 1 N–H and O–H groups in total. The average Bonchev–Trinajstić information content (AvgIpc) is 2.06. The minimum atomic E-state index is -0.261. The summed E-state index contributed by atoms with van der Waals surface area (Å²) in [6, 6.07) is 5.29. The summed E-state index contributed by atoms with van der Waals surface area (Å²) in [6.07, 6.45) is 0. The highest BCUT2D eigenvalue weighted by Gasteiger charge is 2.18. The zero-order valence-corrected chi connectivity index (χ0v) is 11.2. The molecule has 1 rings (SSSR count). The second kappa shape index (κ2) is 4.54. The fourth-order valence-corrected chi connectivity index (χ4v) is 1.67. The van der Waals surface area contributed by atoms with E-state index in [1.165, 1.54) is 0 Å². The van der Waals surface area contributed by atoms with Gasteiger partial charge in [0, 0.05) is 10.0 Å². The van der Waals surface area contributed by atoms with Gasteiger partial charge in [0.2, 0.25) is 0 Å². The van der Waals surface area contributed by atoms with Gasteiger partial charge in [-0.15, -0.1) is 0 Å². The Balaban J connectivity index is 2.97. The van der Waals surface area contributed by atoms with E-state index in [0.29, 0.717) is 10.6 Å². The monoisotopic (exact) mass is 289 g/mol. The molecule has 0 fully saturated rings. The molecule has 0 aliphatic rings. The average molecular weight is 291 g/mol. The van der Waals surface area contributed by atoms with Gasteiger partial charge in [-0.3, -0.25) is 4.79 Å². The number of hydrogen-bond acceptors (Lipinski definition) is 1. The molecule has 1 aromatic rings. The van der Waals surface area contributed by atoms with Gasteiger partial charge in [0.25, 0.3) is 5.91 Å². The van der Waals surface area contributed by atoms with E-state index < -0.39 is 0 Å². The molecule has 82 valence electrons. The first-order chi connectivity index (χ1) is 6.81. The van der Waals surface area contributed by atoms with Crippen molar-refractivity contribution >= 4 is 33.4 Å². The van der Waals surface area contributed by atoms with Gasteiger partial charge in [-0.25, -0.2) is 0 Å². The molecule has 0 aromatic heterocycles. The van der Waals surface area contributed by atoms with Crippen LogP contribution in [-0.2, 0) is 0 Å². The van der Waals surface area contributed by atoms with Gasteiger partial charge in [0.1, 0.15) is 0 Å². The van der Waals surface area contributed by atoms with Crippen LogP contribution in [0.15, 0.2) is 22.7 Å². The van der Waals surface area contributed by atoms with Crippen LogP contribution in [0.1, 0.15) is 31.1 Å². The first-order valence-corrected chi connectivity index (χ1v) is 5.75. The van der Waals surface area contributed by atoms with Crippen LogP contribution in [0, 0.1) is 0 Å². The number of rotatable bonds is 1. The molecule has 0 unspecified atom stereocenters. The molecule has 0 atom stereocenters. The van der Waals surface area contributed by atoms with Gasteiger partial charge < -0.3 is 5.32 Å². The van der Waals surface area contributed by atoms with Crippen molar-refractivity contribution in [3.05, 3.63) is 33.3 Å². The van der Waals surface area contributed by atoms with Crippen LogP contribution in [0.25, 0.3) is 0 Å². The summed E-state index contributed by atoms with van der Waals surface area (Å²) in [5, 5.41) is 3.30. The third-order valence-electron chi connectivity index (χ3n) is 1.68. The van der Waals surface area contributed by atoms with E-state index in [0.717, 1.165) is 4.47 Å². The maximum Gasteiger partial charge on any atom is 0.253 e. The zero-order valence-electron chi connectivity index (χ0n) is 8.90. The maximum absolute atomic E-state index is 11.8. The van der Waals surface area contributed by atoms with Crippen LogP contribution in [0.4, 0.5) is 0 Å². The number of carbonyl (C=O) groups excluding carboxylic acids is 1. The molecule has 1 amide bonds. The quantitative estimate of drug-likeness (QED) is 0.841. The number of amides is 1. The molecule has 0 radical (unpaired) electrons. The van der Waals surface area contributed by atoms with Gasteiger partial charge in [0.05, 0.1) is 10.6 Å². The Morgan fingerprint density at radius 1 is 1.40 bits per heavy atom. The van der Waals surface area contributed by atoms with Crippen LogP contribution in [0.5, 0.6) is 0 Å². The van der Waals surface area contributed by atoms with E-state index in [2.05, 4.69) is 21.2 Å². The van der Waals surface area contributed by atoms with E-state index in [-0.39, 0.29) is 11.4 Å². The minimum absolute atomic E-state index is 0.159. The summed E-state index contributed by atoms with van der Waals surface area (Å²) in [5.41, 5.74) is 0.226. The van der Waals surface area contributed by atoms with Gasteiger partial charge in [-0.2, -0.15) is 0 Å². The molecule has 4 heteroatoms. The molecule has 0 saturated carbocycles. The molecule has 0 aliphatic heterocycles. The zero-order chi connectivity index (χ0) is 11.6. The van der Waals surface area contributed by atoms with Crippen molar-refractivity contribution in [1.82, 2.24) is 5.32 Å². The minimum Gasteiger partial charge on any atom is -0.347 e. The molecule has 2 nitrogen and oxygen atoms in total. The third-order valence-corrected chi connectivity index (χ3v) is 2.98. The number of carbonyl (C=O) groups is 1. The van der Waals surface area contributed by atoms with Gasteiger partial charge in [0.15, 0.2) is 0 Å². The highest BCUT2D eigenvalue weighted by molar-refractivity contribution is 9.10. The predicted octanol–water partition coefficient (Wildman–Crippen LogP) is 3.63. The van der Waals surface area contributed by atoms with Crippen molar-refractivity contribution in [1.29, 1.82) is 0 Å². The normalized spacial score (nSPS) is 11.3. The molecule has 1 aromatic carbocycles. The molecule has 15 heavy (non-hydrogen) atoms. The topological polar surface area (TPSA) is 29.1 Å². The van der Waals surface area contributed by atoms with Crippen LogP contribution in [0.3, 0.4) is 0 Å². The largest absolute Gasteiger partial charge is 0.347 e. The van der Waals surface area contributed by atoms with Crippen molar-refractivity contribution < 1.29 is 4.79 Å². The molecule has 0 saturated heterocycles. The van der Waals surface area contributed by atoms with Gasteiger partial charge in [-0.1, -0.05) is 17.7 Å².